The van der Waals surface area contributed by atoms with Gasteiger partial charge < -0.3 is 19.0 Å². The van der Waals surface area contributed by atoms with Crippen molar-refractivity contribution >= 4 is 11.8 Å². The van der Waals surface area contributed by atoms with E-state index >= 15 is 0 Å². The van der Waals surface area contributed by atoms with Gasteiger partial charge in [-0.3, -0.25) is 14.3 Å². The van der Waals surface area contributed by atoms with Crippen LogP contribution in [0.15, 0.2) is 64.1 Å². The highest BCUT2D eigenvalue weighted by Gasteiger charge is 2.71. The number of ether oxygens (including phenoxy) is 1. The number of carbonyl (C=O) groups excluding carboxylic acids is 2. The van der Waals surface area contributed by atoms with Crippen LogP contribution in [0.25, 0.3) is 11.5 Å². The van der Waals surface area contributed by atoms with E-state index in [4.69, 9.17) is 9.15 Å². The van der Waals surface area contributed by atoms with Gasteiger partial charge in [-0.2, -0.15) is 18.3 Å². The molecule has 55 heavy (non-hydrogen) atoms. The number of likely N-dealkylation sites (tertiary alicyclic amines) is 2. The Hall–Kier alpha value is -4.93. The molecule has 2 aliphatic carbocycles. The molecule has 1 spiro atoms. The average molecular weight is 773 g/mol. The minimum absolute atomic E-state index is 0.00238. The molecule has 8 rings (SSSR count). The molecular weight excluding hydrogens is 734 g/mol. The molecule has 2 amide bonds. The Morgan fingerprint density at radius 3 is 2.35 bits per heavy atom. The van der Waals surface area contributed by atoms with Crippen LogP contribution in [-0.2, 0) is 22.7 Å². The van der Waals surface area contributed by atoms with Gasteiger partial charge in [0.05, 0.1) is 31.5 Å². The van der Waals surface area contributed by atoms with Crippen LogP contribution in [0.5, 0.6) is 0 Å². The number of carbonyl (C=O) groups is 2. The standard InChI is InChI=1S/C38H38F6N6O5/c39-28-6-4-23(5-7-28)15-50-16-26(14-45-50)32(51)48-17-27(35(20-48)21-49(22-35)33(52)36(12-13-36)38(42,43)44)19-54-18-25-2-1-3-29(24-8-10-37(40,41)11-9-24)30(25)31-46-47-34(53)55-31/h1-7,14,16,24,27H,8-13,15,17-22H2,(H,47,53). The molecule has 4 aromatic rings. The fourth-order valence-corrected chi connectivity index (χ4v) is 8.54. The number of rotatable bonds is 10. The van der Waals surface area contributed by atoms with Crippen LogP contribution in [0.4, 0.5) is 26.3 Å². The van der Waals surface area contributed by atoms with Crippen LogP contribution in [0.2, 0.25) is 0 Å². The zero-order valence-electron chi connectivity index (χ0n) is 29.6. The van der Waals surface area contributed by atoms with Gasteiger partial charge in [0.2, 0.25) is 17.7 Å². The van der Waals surface area contributed by atoms with Crippen molar-refractivity contribution in [2.24, 2.45) is 16.7 Å². The summed E-state index contributed by atoms with van der Waals surface area (Å²) in [6, 6.07) is 11.2. The van der Waals surface area contributed by atoms with E-state index in [9.17, 15) is 40.7 Å². The molecule has 0 bridgehead atoms. The fraction of sp³-hybridized carbons (Fsp3) is 0.500. The fourth-order valence-electron chi connectivity index (χ4n) is 8.54. The molecule has 1 N–H and O–H groups in total. The van der Waals surface area contributed by atoms with Gasteiger partial charge in [-0.1, -0.05) is 30.3 Å². The Morgan fingerprint density at radius 1 is 0.982 bits per heavy atom. The third kappa shape index (κ3) is 7.06. The highest BCUT2D eigenvalue weighted by Crippen LogP contribution is 2.60. The molecule has 1 atom stereocenters. The molecule has 2 aromatic heterocycles. The van der Waals surface area contributed by atoms with Gasteiger partial charge in [0.25, 0.3) is 5.91 Å². The van der Waals surface area contributed by atoms with E-state index in [1.807, 2.05) is 0 Å². The number of benzene rings is 2. The maximum absolute atomic E-state index is 14.1. The Kier molecular flexibility index (Phi) is 9.20. The molecule has 2 aromatic carbocycles. The first-order valence-electron chi connectivity index (χ1n) is 18.2. The van der Waals surface area contributed by atoms with Crippen LogP contribution in [-0.4, -0.2) is 86.5 Å². The molecule has 0 radical (unpaired) electrons. The minimum atomic E-state index is -4.65. The highest BCUT2D eigenvalue weighted by molar-refractivity contribution is 5.94. The zero-order chi connectivity index (χ0) is 38.8. The van der Waals surface area contributed by atoms with Crippen LogP contribution in [0, 0.1) is 22.6 Å². The maximum atomic E-state index is 14.1. The van der Waals surface area contributed by atoms with Gasteiger partial charge in [0.15, 0.2) is 0 Å². The molecular formula is C38H38F6N6O5. The second-order valence-electron chi connectivity index (χ2n) is 15.5. The van der Waals surface area contributed by atoms with E-state index in [-0.39, 0.29) is 107 Å². The predicted octanol–water partition coefficient (Wildman–Crippen LogP) is 6.17. The number of amides is 2. The molecule has 292 valence electrons. The van der Waals surface area contributed by atoms with Crippen molar-refractivity contribution in [2.45, 2.75) is 69.7 Å². The topological polar surface area (TPSA) is 127 Å². The van der Waals surface area contributed by atoms with Crippen LogP contribution < -0.4 is 5.76 Å². The van der Waals surface area contributed by atoms with Crippen molar-refractivity contribution in [3.05, 3.63) is 93.5 Å². The van der Waals surface area contributed by atoms with E-state index in [0.29, 0.717) is 28.8 Å². The van der Waals surface area contributed by atoms with Gasteiger partial charge in [-0.15, -0.1) is 5.10 Å². The normalized spacial score (nSPS) is 21.5. The van der Waals surface area contributed by atoms with Crippen LogP contribution in [0.3, 0.4) is 0 Å². The number of hydrogen-bond donors (Lipinski definition) is 1. The van der Waals surface area contributed by atoms with E-state index in [1.165, 1.54) is 23.2 Å². The average Bonchev–Trinajstić information content (AvgIpc) is 3.43. The summed E-state index contributed by atoms with van der Waals surface area (Å²) in [5, 5.41) is 10.6. The summed E-state index contributed by atoms with van der Waals surface area (Å²) in [5.41, 5.74) is -0.264. The number of H-pyrrole nitrogens is 1. The smallest absolute Gasteiger partial charge is 0.388 e. The quantitative estimate of drug-likeness (QED) is 0.191. The van der Waals surface area contributed by atoms with Gasteiger partial charge >= 0.3 is 11.9 Å². The van der Waals surface area contributed by atoms with E-state index in [2.05, 4.69) is 15.3 Å². The molecule has 17 heteroatoms. The third-order valence-corrected chi connectivity index (χ3v) is 11.8. The summed E-state index contributed by atoms with van der Waals surface area (Å²) in [6.45, 7) is 0.782. The lowest BCUT2D eigenvalue weighted by Crippen LogP contribution is -2.65. The van der Waals surface area contributed by atoms with Gasteiger partial charge in [-0.05, 0) is 60.4 Å². The number of nitrogens with zero attached hydrogens (tertiary/aromatic N) is 5. The first-order chi connectivity index (χ1) is 26.2. The number of nitrogens with one attached hydrogen (secondary N) is 1. The van der Waals surface area contributed by atoms with Crippen molar-refractivity contribution in [1.29, 1.82) is 0 Å². The Morgan fingerprint density at radius 2 is 1.69 bits per heavy atom. The van der Waals surface area contributed by atoms with Crippen molar-refractivity contribution in [3.8, 4) is 11.5 Å². The largest absolute Gasteiger partial charge is 0.434 e. The number of alkyl halides is 5. The number of aromatic amines is 1. The SMILES string of the molecule is O=C(c1cnn(Cc2ccc(F)cc2)c1)N1CC(COCc2cccc(C3CCC(F)(F)CC3)c2-c2n[nH]c(=O)o2)C2(C1)CN(C(=O)C1(C(F)(F)F)CC1)C2. The van der Waals surface area contributed by atoms with Crippen molar-refractivity contribution < 1.29 is 45.1 Å². The summed E-state index contributed by atoms with van der Waals surface area (Å²) in [5.74, 6) is -5.80. The Balaban J connectivity index is 1.01. The number of aromatic nitrogens is 4. The summed E-state index contributed by atoms with van der Waals surface area (Å²) in [7, 11) is 0. The lowest BCUT2D eigenvalue weighted by atomic mass is 9.71. The zero-order valence-corrected chi connectivity index (χ0v) is 29.6. The second kappa shape index (κ2) is 13.7. The summed E-state index contributed by atoms with van der Waals surface area (Å²) >= 11 is 0. The molecule has 1 unspecified atom stereocenters. The number of halogens is 6. The molecule has 4 heterocycles. The van der Waals surface area contributed by atoms with E-state index < -0.39 is 34.6 Å². The minimum Gasteiger partial charge on any atom is -0.388 e. The Labute approximate surface area is 310 Å². The van der Waals surface area contributed by atoms with Gasteiger partial charge in [0, 0.05) is 62.1 Å². The second-order valence-corrected chi connectivity index (χ2v) is 15.5. The maximum Gasteiger partial charge on any atom is 0.434 e. The van der Waals surface area contributed by atoms with Crippen molar-refractivity contribution in [3.63, 3.8) is 0 Å². The van der Waals surface area contributed by atoms with E-state index in [1.54, 1.807) is 46.1 Å². The predicted molar refractivity (Wildman–Crippen MR) is 182 cm³/mol. The number of hydrogen-bond acceptors (Lipinski definition) is 7. The molecule has 2 aliphatic heterocycles. The van der Waals surface area contributed by atoms with Gasteiger partial charge in [-0.25, -0.2) is 23.1 Å². The first-order valence-corrected chi connectivity index (χ1v) is 18.2. The lowest BCUT2D eigenvalue weighted by molar-refractivity contribution is -0.205. The Bertz CT molecular complexity index is 2130. The third-order valence-electron chi connectivity index (χ3n) is 11.8. The van der Waals surface area contributed by atoms with Crippen molar-refractivity contribution in [2.75, 3.05) is 32.8 Å². The molecule has 2 saturated carbocycles. The molecule has 4 aliphatic rings. The summed E-state index contributed by atoms with van der Waals surface area (Å²) < 4.78 is 96.3. The van der Waals surface area contributed by atoms with Crippen molar-refractivity contribution in [1.82, 2.24) is 29.8 Å². The molecule has 11 nitrogen and oxygen atoms in total. The van der Waals surface area contributed by atoms with Crippen LogP contribution >= 0.6 is 0 Å². The monoisotopic (exact) mass is 772 g/mol. The van der Waals surface area contributed by atoms with Gasteiger partial charge in [0.1, 0.15) is 11.2 Å². The summed E-state index contributed by atoms with van der Waals surface area (Å²) in [6.07, 6.45) is -2.26. The molecule has 2 saturated heterocycles. The van der Waals surface area contributed by atoms with E-state index in [0.717, 1.165) is 5.56 Å². The lowest BCUT2D eigenvalue weighted by Gasteiger charge is -2.51. The van der Waals surface area contributed by atoms with Crippen LogP contribution in [0.1, 0.15) is 71.5 Å². The molecule has 4 fully saturated rings. The summed E-state index contributed by atoms with van der Waals surface area (Å²) in [4.78, 5) is 41.8. The highest BCUT2D eigenvalue weighted by atomic mass is 19.4. The first kappa shape index (κ1) is 37.0.